The molecule has 4 aromatic rings. The van der Waals surface area contributed by atoms with Crippen molar-refractivity contribution in [3.05, 3.63) is 41.7 Å². The molecule has 1 saturated carbocycles. The van der Waals surface area contributed by atoms with E-state index in [2.05, 4.69) is 39.5 Å². The number of fused-ring (bicyclic) bond motifs is 1. The second kappa shape index (κ2) is 4.73. The zero-order valence-corrected chi connectivity index (χ0v) is 13.3. The predicted octanol–water partition coefficient (Wildman–Crippen LogP) is 3.43. The number of hydrogen-bond acceptors (Lipinski definition) is 5. The predicted molar refractivity (Wildman–Crippen MR) is 88.4 cm³/mol. The van der Waals surface area contributed by atoms with Crippen LogP contribution >= 0.6 is 11.3 Å². The molecule has 23 heavy (non-hydrogen) atoms. The van der Waals surface area contributed by atoms with E-state index in [1.165, 1.54) is 12.8 Å². The molecule has 0 spiro atoms. The number of aromatic amines is 1. The molecule has 1 aliphatic carbocycles. The minimum atomic E-state index is 0.530. The van der Waals surface area contributed by atoms with E-state index >= 15 is 0 Å². The summed E-state index contributed by atoms with van der Waals surface area (Å²) in [6.07, 6.45) is 2.38. The second-order valence-corrected chi connectivity index (χ2v) is 6.83. The van der Waals surface area contributed by atoms with Crippen molar-refractivity contribution < 1.29 is 0 Å². The van der Waals surface area contributed by atoms with Gasteiger partial charge in [-0.2, -0.15) is 14.7 Å². The molecule has 0 aliphatic heterocycles. The van der Waals surface area contributed by atoms with Gasteiger partial charge in [0.15, 0.2) is 10.8 Å². The molecule has 3 aromatic heterocycles. The monoisotopic (exact) mass is 322 g/mol. The molecule has 0 atom stereocenters. The van der Waals surface area contributed by atoms with Gasteiger partial charge >= 0.3 is 0 Å². The fourth-order valence-corrected chi connectivity index (χ4v) is 3.71. The minimum Gasteiger partial charge on any atom is -0.274 e. The van der Waals surface area contributed by atoms with Gasteiger partial charge < -0.3 is 0 Å². The molecular formula is C16H14N6S. The summed E-state index contributed by atoms with van der Waals surface area (Å²) < 4.78 is 1.89. The third kappa shape index (κ3) is 2.00. The van der Waals surface area contributed by atoms with Crippen LogP contribution in [0.4, 0.5) is 0 Å². The molecule has 3 heterocycles. The highest BCUT2D eigenvalue weighted by molar-refractivity contribution is 7.19. The van der Waals surface area contributed by atoms with Crippen LogP contribution in [0.25, 0.3) is 26.9 Å². The quantitative estimate of drug-likeness (QED) is 0.627. The van der Waals surface area contributed by atoms with Crippen LogP contribution in [0.2, 0.25) is 0 Å². The van der Waals surface area contributed by atoms with Crippen LogP contribution in [0.3, 0.4) is 0 Å². The normalized spacial score (nSPS) is 14.7. The van der Waals surface area contributed by atoms with Crippen molar-refractivity contribution in [2.75, 3.05) is 0 Å². The van der Waals surface area contributed by atoms with Crippen LogP contribution in [0.5, 0.6) is 0 Å². The van der Waals surface area contributed by atoms with Crippen molar-refractivity contribution in [1.82, 2.24) is 30.0 Å². The number of benzene rings is 1. The maximum Gasteiger partial charge on any atom is 0.235 e. The molecular weight excluding hydrogens is 308 g/mol. The molecule has 1 fully saturated rings. The molecule has 5 rings (SSSR count). The number of hydrogen-bond donors (Lipinski definition) is 1. The van der Waals surface area contributed by atoms with Crippen LogP contribution in [-0.4, -0.2) is 30.0 Å². The van der Waals surface area contributed by atoms with E-state index in [1.807, 2.05) is 22.7 Å². The average Bonchev–Trinajstić information content (AvgIpc) is 3.03. The molecule has 114 valence electrons. The fourth-order valence-electron chi connectivity index (χ4n) is 2.81. The third-order valence-corrected chi connectivity index (χ3v) is 5.14. The van der Waals surface area contributed by atoms with Crippen LogP contribution < -0.4 is 0 Å². The molecule has 7 heteroatoms. The molecule has 0 bridgehead atoms. The molecule has 0 saturated heterocycles. The second-order valence-electron chi connectivity index (χ2n) is 5.87. The molecule has 0 unspecified atom stereocenters. The van der Waals surface area contributed by atoms with Gasteiger partial charge in [-0.3, -0.25) is 5.10 Å². The smallest absolute Gasteiger partial charge is 0.235 e. The molecule has 1 aliphatic rings. The van der Waals surface area contributed by atoms with Crippen molar-refractivity contribution >= 4 is 16.3 Å². The Labute approximate surface area is 136 Å². The fraction of sp³-hybridized carbons (Fsp3) is 0.250. The molecule has 1 N–H and O–H groups in total. The summed E-state index contributed by atoms with van der Waals surface area (Å²) in [7, 11) is 0. The summed E-state index contributed by atoms with van der Waals surface area (Å²) in [6, 6.07) is 10.2. The van der Waals surface area contributed by atoms with Crippen LogP contribution in [0.15, 0.2) is 30.3 Å². The third-order valence-electron chi connectivity index (χ3n) is 4.23. The topological polar surface area (TPSA) is 71.8 Å². The molecule has 0 radical (unpaired) electrons. The van der Waals surface area contributed by atoms with Crippen molar-refractivity contribution in [3.8, 4) is 22.0 Å². The summed E-state index contributed by atoms with van der Waals surface area (Å²) in [4.78, 5) is 0.845. The highest BCUT2D eigenvalue weighted by Gasteiger charge is 2.30. The van der Waals surface area contributed by atoms with Gasteiger partial charge in [-0.1, -0.05) is 41.7 Å². The zero-order chi connectivity index (χ0) is 15.4. The number of nitrogens with one attached hydrogen (secondary N) is 1. The van der Waals surface area contributed by atoms with E-state index in [0.717, 1.165) is 38.3 Å². The largest absolute Gasteiger partial charge is 0.274 e. The summed E-state index contributed by atoms with van der Waals surface area (Å²) in [5, 5.41) is 21.8. The van der Waals surface area contributed by atoms with Gasteiger partial charge in [0.05, 0.1) is 11.4 Å². The van der Waals surface area contributed by atoms with Crippen LogP contribution in [-0.2, 0) is 0 Å². The van der Waals surface area contributed by atoms with Crippen molar-refractivity contribution in [1.29, 1.82) is 0 Å². The van der Waals surface area contributed by atoms with E-state index in [0.29, 0.717) is 5.92 Å². The Bertz CT molecular complexity index is 992. The Morgan fingerprint density at radius 1 is 1.17 bits per heavy atom. The van der Waals surface area contributed by atoms with Crippen LogP contribution in [0, 0.1) is 6.92 Å². The highest BCUT2D eigenvalue weighted by Crippen LogP contribution is 2.40. The Kier molecular flexibility index (Phi) is 2.66. The van der Waals surface area contributed by atoms with Crippen LogP contribution in [0.1, 0.15) is 30.1 Å². The Hall–Kier alpha value is -2.54. The molecule has 6 nitrogen and oxygen atoms in total. The number of H-pyrrole nitrogens is 1. The standard InChI is InChI=1S/C16H14N6S/c1-9-12(10-5-3-2-4-6-10)17-18-13(9)15-21-22-14(11-7-8-11)19-20-16(22)23-15/h2-6,11H,7-8H2,1H3,(H,17,18). The summed E-state index contributed by atoms with van der Waals surface area (Å²) in [5.74, 6) is 1.52. The van der Waals surface area contributed by atoms with Crippen molar-refractivity contribution in [3.63, 3.8) is 0 Å². The van der Waals surface area contributed by atoms with E-state index in [4.69, 9.17) is 5.10 Å². The van der Waals surface area contributed by atoms with E-state index in [9.17, 15) is 0 Å². The lowest BCUT2D eigenvalue weighted by atomic mass is 10.1. The van der Waals surface area contributed by atoms with Crippen molar-refractivity contribution in [2.24, 2.45) is 0 Å². The summed E-state index contributed by atoms with van der Waals surface area (Å²) >= 11 is 1.55. The SMILES string of the molecule is Cc1c(-c2ccccc2)n[nH]c1-c1nn2c(C3CC3)nnc2s1. The highest BCUT2D eigenvalue weighted by atomic mass is 32.1. The molecule has 1 aromatic carbocycles. The maximum absolute atomic E-state index is 4.71. The first kappa shape index (κ1) is 13.0. The molecule has 0 amide bonds. The Balaban J connectivity index is 1.61. The lowest BCUT2D eigenvalue weighted by Crippen LogP contribution is -1.93. The van der Waals surface area contributed by atoms with E-state index < -0.39 is 0 Å². The summed E-state index contributed by atoms with van der Waals surface area (Å²) in [6.45, 7) is 2.07. The van der Waals surface area contributed by atoms with Gasteiger partial charge in [0.25, 0.3) is 0 Å². The number of aromatic nitrogens is 6. The first-order valence-electron chi connectivity index (χ1n) is 7.64. The van der Waals surface area contributed by atoms with Gasteiger partial charge in [-0.15, -0.1) is 10.2 Å². The van der Waals surface area contributed by atoms with Gasteiger partial charge in [-0.05, 0) is 19.8 Å². The number of nitrogens with zero attached hydrogens (tertiary/aromatic N) is 5. The lowest BCUT2D eigenvalue weighted by Gasteiger charge is -1.98. The van der Waals surface area contributed by atoms with E-state index in [-0.39, 0.29) is 0 Å². The number of rotatable bonds is 3. The first-order valence-corrected chi connectivity index (χ1v) is 8.46. The minimum absolute atomic E-state index is 0.530. The Morgan fingerprint density at radius 2 is 2.00 bits per heavy atom. The van der Waals surface area contributed by atoms with Crippen molar-refractivity contribution in [2.45, 2.75) is 25.7 Å². The average molecular weight is 322 g/mol. The first-order chi connectivity index (χ1) is 11.3. The Morgan fingerprint density at radius 3 is 2.78 bits per heavy atom. The van der Waals surface area contributed by atoms with Gasteiger partial charge in [0, 0.05) is 17.0 Å². The van der Waals surface area contributed by atoms with Gasteiger partial charge in [-0.25, -0.2) is 0 Å². The van der Waals surface area contributed by atoms with Gasteiger partial charge in [0.1, 0.15) is 0 Å². The maximum atomic E-state index is 4.71. The van der Waals surface area contributed by atoms with Gasteiger partial charge in [0.2, 0.25) is 4.96 Å². The lowest BCUT2D eigenvalue weighted by molar-refractivity contribution is 0.827. The summed E-state index contributed by atoms with van der Waals surface area (Å²) in [5.41, 5.74) is 4.14. The zero-order valence-electron chi connectivity index (χ0n) is 12.5. The van der Waals surface area contributed by atoms with E-state index in [1.54, 1.807) is 11.3 Å².